The highest BCUT2D eigenvalue weighted by atomic mass is 79.9. The van der Waals surface area contributed by atoms with Crippen LogP contribution >= 0.6 is 15.9 Å². The van der Waals surface area contributed by atoms with Crippen LogP contribution in [0, 0.1) is 0 Å². The minimum absolute atomic E-state index is 0.0550. The number of anilines is 1. The third-order valence-corrected chi connectivity index (χ3v) is 4.97. The summed E-state index contributed by atoms with van der Waals surface area (Å²) in [6.45, 7) is 1.03. The summed E-state index contributed by atoms with van der Waals surface area (Å²) >= 11 is 3.35. The SMILES string of the molecule is CCCCCOC(=O)C1=C(C)Nc2ncnn2[C@H]1c1cc(Br)ccc1OC(F)F. The Morgan fingerprint density at radius 1 is 1.38 bits per heavy atom. The van der Waals surface area contributed by atoms with E-state index in [-0.39, 0.29) is 17.9 Å². The first-order chi connectivity index (χ1) is 13.9. The maximum absolute atomic E-state index is 13.0. The average molecular weight is 471 g/mol. The van der Waals surface area contributed by atoms with Gasteiger partial charge in [-0.15, -0.1) is 0 Å². The van der Waals surface area contributed by atoms with E-state index < -0.39 is 18.6 Å². The topological polar surface area (TPSA) is 78.3 Å². The average Bonchev–Trinajstić information content (AvgIpc) is 3.13. The van der Waals surface area contributed by atoms with Crippen LogP contribution in [0.2, 0.25) is 0 Å². The van der Waals surface area contributed by atoms with E-state index in [9.17, 15) is 13.6 Å². The number of unbranched alkanes of at least 4 members (excludes halogenated alkanes) is 2. The first-order valence-corrected chi connectivity index (χ1v) is 10.00. The summed E-state index contributed by atoms with van der Waals surface area (Å²) < 4.78 is 38.2. The number of aromatic nitrogens is 3. The fourth-order valence-electron chi connectivity index (χ4n) is 3.17. The molecule has 1 atom stereocenters. The predicted molar refractivity (Wildman–Crippen MR) is 106 cm³/mol. The molecule has 0 fully saturated rings. The molecule has 2 heterocycles. The van der Waals surface area contributed by atoms with Crippen molar-refractivity contribution in [2.24, 2.45) is 0 Å². The number of rotatable bonds is 8. The first-order valence-electron chi connectivity index (χ1n) is 9.21. The van der Waals surface area contributed by atoms with Crippen LogP contribution < -0.4 is 10.1 Å². The fraction of sp³-hybridized carbons (Fsp3) is 0.421. The van der Waals surface area contributed by atoms with Gasteiger partial charge in [0.1, 0.15) is 18.1 Å². The van der Waals surface area contributed by atoms with E-state index in [1.807, 2.05) is 0 Å². The summed E-state index contributed by atoms with van der Waals surface area (Å²) in [6, 6.07) is 3.79. The van der Waals surface area contributed by atoms with Crippen molar-refractivity contribution in [2.75, 3.05) is 11.9 Å². The van der Waals surface area contributed by atoms with Crippen molar-refractivity contribution in [3.63, 3.8) is 0 Å². The molecule has 29 heavy (non-hydrogen) atoms. The maximum Gasteiger partial charge on any atom is 0.387 e. The molecule has 1 aromatic heterocycles. The van der Waals surface area contributed by atoms with Gasteiger partial charge >= 0.3 is 12.6 Å². The Labute approximate surface area is 175 Å². The standard InChI is InChI=1S/C19H21BrF2N4O3/c1-3-4-5-8-28-17(27)15-11(2)25-19-23-10-24-26(19)16(15)13-9-12(20)6-7-14(13)29-18(21)22/h6-7,9-10,16,18H,3-5,8H2,1-2H3,(H,23,24,25)/t16-/m0/s1. The molecule has 0 saturated heterocycles. The van der Waals surface area contributed by atoms with Crippen molar-refractivity contribution >= 4 is 27.8 Å². The largest absolute Gasteiger partial charge is 0.462 e. The summed E-state index contributed by atoms with van der Waals surface area (Å²) in [5, 5.41) is 7.20. The van der Waals surface area contributed by atoms with Crippen molar-refractivity contribution in [3.8, 4) is 5.75 Å². The second-order valence-corrected chi connectivity index (χ2v) is 7.41. The predicted octanol–water partition coefficient (Wildman–Crippen LogP) is 4.66. The summed E-state index contributed by atoms with van der Waals surface area (Å²) in [4.78, 5) is 17.1. The van der Waals surface area contributed by atoms with Crippen molar-refractivity contribution < 1.29 is 23.0 Å². The Balaban J connectivity index is 2.04. The Kier molecular flexibility index (Phi) is 6.83. The lowest BCUT2D eigenvalue weighted by Gasteiger charge is -2.29. The quantitative estimate of drug-likeness (QED) is 0.446. The smallest absolute Gasteiger partial charge is 0.387 e. The molecular formula is C19H21BrF2N4O3. The van der Waals surface area contributed by atoms with Gasteiger partial charge in [0.15, 0.2) is 0 Å². The lowest BCUT2D eigenvalue weighted by Crippen LogP contribution is -2.30. The lowest BCUT2D eigenvalue weighted by atomic mass is 9.95. The number of ether oxygens (including phenoxy) is 2. The van der Waals surface area contributed by atoms with Crippen LogP contribution in [0.15, 0.2) is 40.3 Å². The number of allylic oxidation sites excluding steroid dienone is 1. The fourth-order valence-corrected chi connectivity index (χ4v) is 3.55. The highest BCUT2D eigenvalue weighted by molar-refractivity contribution is 9.10. The van der Waals surface area contributed by atoms with E-state index in [0.717, 1.165) is 19.3 Å². The van der Waals surface area contributed by atoms with Gasteiger partial charge in [-0.1, -0.05) is 35.7 Å². The van der Waals surface area contributed by atoms with Crippen molar-refractivity contribution in [2.45, 2.75) is 45.8 Å². The number of alkyl halides is 2. The van der Waals surface area contributed by atoms with Crippen LogP contribution in [-0.2, 0) is 9.53 Å². The third-order valence-electron chi connectivity index (χ3n) is 4.48. The van der Waals surface area contributed by atoms with E-state index in [0.29, 0.717) is 21.7 Å². The molecule has 1 aliphatic heterocycles. The number of nitrogens with one attached hydrogen (secondary N) is 1. The Bertz CT molecular complexity index is 917. The molecule has 7 nitrogen and oxygen atoms in total. The number of hydrogen-bond acceptors (Lipinski definition) is 6. The lowest BCUT2D eigenvalue weighted by molar-refractivity contribution is -0.139. The molecule has 10 heteroatoms. The molecule has 1 aromatic carbocycles. The minimum atomic E-state index is -3.01. The zero-order chi connectivity index (χ0) is 21.0. The minimum Gasteiger partial charge on any atom is -0.462 e. The molecule has 0 unspecified atom stereocenters. The zero-order valence-corrected chi connectivity index (χ0v) is 17.6. The number of benzene rings is 1. The van der Waals surface area contributed by atoms with Crippen LogP contribution in [0.4, 0.5) is 14.7 Å². The molecule has 0 aliphatic carbocycles. The molecule has 0 amide bonds. The number of nitrogens with zero attached hydrogens (tertiary/aromatic N) is 3. The first kappa shape index (κ1) is 21.2. The molecule has 0 spiro atoms. The zero-order valence-electron chi connectivity index (χ0n) is 16.0. The molecule has 1 N–H and O–H groups in total. The summed E-state index contributed by atoms with van der Waals surface area (Å²) in [7, 11) is 0. The Hall–Kier alpha value is -2.49. The van der Waals surface area contributed by atoms with Crippen LogP contribution in [0.1, 0.15) is 44.7 Å². The molecule has 3 rings (SSSR count). The Morgan fingerprint density at radius 2 is 2.17 bits per heavy atom. The van der Waals surface area contributed by atoms with E-state index in [4.69, 9.17) is 9.47 Å². The van der Waals surface area contributed by atoms with Crippen LogP contribution in [0.5, 0.6) is 5.75 Å². The van der Waals surface area contributed by atoms with Crippen molar-refractivity contribution in [1.82, 2.24) is 14.8 Å². The number of hydrogen-bond donors (Lipinski definition) is 1. The van der Waals surface area contributed by atoms with Gasteiger partial charge in [-0.05, 0) is 31.5 Å². The molecule has 0 saturated carbocycles. The number of esters is 1. The molecular weight excluding hydrogens is 450 g/mol. The molecule has 1 aliphatic rings. The second kappa shape index (κ2) is 9.34. The van der Waals surface area contributed by atoms with Gasteiger partial charge in [0.05, 0.1) is 12.2 Å². The molecule has 0 bridgehead atoms. The summed E-state index contributed by atoms with van der Waals surface area (Å²) in [5.74, 6) is -0.209. The maximum atomic E-state index is 13.0. The number of carbonyl (C=O) groups excluding carboxylic acids is 1. The van der Waals surface area contributed by atoms with Gasteiger partial charge in [-0.25, -0.2) is 9.48 Å². The normalized spacial score (nSPS) is 15.9. The van der Waals surface area contributed by atoms with Crippen molar-refractivity contribution in [1.29, 1.82) is 0 Å². The van der Waals surface area contributed by atoms with Gasteiger partial charge in [0.2, 0.25) is 5.95 Å². The second-order valence-electron chi connectivity index (χ2n) is 6.50. The number of fused-ring (bicyclic) bond motifs is 1. The van der Waals surface area contributed by atoms with Crippen molar-refractivity contribution in [3.05, 3.63) is 45.8 Å². The number of carbonyl (C=O) groups is 1. The van der Waals surface area contributed by atoms with E-state index >= 15 is 0 Å². The molecule has 156 valence electrons. The van der Waals surface area contributed by atoms with Gasteiger partial charge in [0.25, 0.3) is 0 Å². The molecule has 0 radical (unpaired) electrons. The monoisotopic (exact) mass is 470 g/mol. The van der Waals surface area contributed by atoms with Gasteiger partial charge in [0, 0.05) is 15.7 Å². The summed E-state index contributed by atoms with van der Waals surface area (Å²) in [5.41, 5.74) is 1.11. The van der Waals surface area contributed by atoms with E-state index in [1.165, 1.54) is 17.1 Å². The third kappa shape index (κ3) is 4.75. The van der Waals surface area contributed by atoms with Gasteiger partial charge in [-0.3, -0.25) is 0 Å². The van der Waals surface area contributed by atoms with Crippen LogP contribution in [0.3, 0.4) is 0 Å². The Morgan fingerprint density at radius 3 is 2.90 bits per heavy atom. The van der Waals surface area contributed by atoms with Crippen LogP contribution in [0.25, 0.3) is 0 Å². The van der Waals surface area contributed by atoms with E-state index in [1.54, 1.807) is 19.1 Å². The van der Waals surface area contributed by atoms with E-state index in [2.05, 4.69) is 38.3 Å². The highest BCUT2D eigenvalue weighted by Gasteiger charge is 2.36. The highest BCUT2D eigenvalue weighted by Crippen LogP contribution is 2.40. The number of halogens is 3. The van der Waals surface area contributed by atoms with Crippen LogP contribution in [-0.4, -0.2) is 34.0 Å². The summed E-state index contributed by atoms with van der Waals surface area (Å²) in [6.07, 6.45) is 4.01. The molecule has 2 aromatic rings. The van der Waals surface area contributed by atoms with Gasteiger partial charge < -0.3 is 14.8 Å². The van der Waals surface area contributed by atoms with Gasteiger partial charge in [-0.2, -0.15) is 18.9 Å².